The molecular weight excluding hydrogens is 372 g/mol. The molecule has 2 aromatic heterocycles. The molecule has 0 saturated heterocycles. The van der Waals surface area contributed by atoms with Crippen LogP contribution in [0, 0.1) is 13.8 Å². The van der Waals surface area contributed by atoms with Crippen LogP contribution >= 0.6 is 23.1 Å². The monoisotopic (exact) mass is 388 g/mol. The first kappa shape index (κ1) is 18.1. The third-order valence-electron chi connectivity index (χ3n) is 3.43. The van der Waals surface area contributed by atoms with Crippen LogP contribution in [0.3, 0.4) is 0 Å². The number of aromatic nitrogens is 4. The molecule has 3 aromatic rings. The maximum absolute atomic E-state index is 12.0. The molecule has 0 atom stereocenters. The number of tetrazole rings is 1. The van der Waals surface area contributed by atoms with Gasteiger partial charge in [-0.3, -0.25) is 20.4 Å². The Morgan fingerprint density at radius 2 is 2.08 bits per heavy atom. The molecule has 1 aromatic carbocycles. The minimum Gasteiger partial charge on any atom is -0.272 e. The largest absolute Gasteiger partial charge is 0.279 e. The molecule has 2 heterocycles. The maximum atomic E-state index is 12.0. The number of hydrogen-bond acceptors (Lipinski definition) is 7. The van der Waals surface area contributed by atoms with Crippen LogP contribution in [0.15, 0.2) is 40.9 Å². The Morgan fingerprint density at radius 3 is 2.85 bits per heavy atom. The van der Waals surface area contributed by atoms with Crippen molar-refractivity contribution in [2.45, 2.75) is 19.0 Å². The van der Waals surface area contributed by atoms with Crippen LogP contribution in [0.25, 0.3) is 5.69 Å². The van der Waals surface area contributed by atoms with Gasteiger partial charge in [-0.2, -0.15) is 4.68 Å². The second-order valence-corrected chi connectivity index (χ2v) is 7.32. The topological polar surface area (TPSA) is 102 Å². The Bertz CT molecular complexity index is 923. The predicted octanol–water partition coefficient (Wildman–Crippen LogP) is 1.89. The Kier molecular flexibility index (Phi) is 5.64. The van der Waals surface area contributed by atoms with Crippen molar-refractivity contribution >= 4 is 34.9 Å². The zero-order chi connectivity index (χ0) is 18.5. The number of nitrogens with one attached hydrogen (secondary N) is 2. The standard InChI is InChI=1S/C16H16N6O2S2/c1-10-5-6-11(2)12(8-10)22-16(19-20-21-22)26-9-14(23)17-18-15(24)13-4-3-7-25-13/h3-8H,9H2,1-2H3,(H,17,23)(H,18,24). The smallest absolute Gasteiger partial charge is 0.272 e. The summed E-state index contributed by atoms with van der Waals surface area (Å²) in [5, 5.41) is 14.0. The van der Waals surface area contributed by atoms with Gasteiger partial charge in [0, 0.05) is 0 Å². The van der Waals surface area contributed by atoms with E-state index < -0.39 is 0 Å². The molecule has 0 spiro atoms. The molecule has 0 unspecified atom stereocenters. The molecule has 0 fully saturated rings. The minimum atomic E-state index is -0.351. The van der Waals surface area contributed by atoms with E-state index in [4.69, 9.17) is 0 Å². The summed E-state index contributed by atoms with van der Waals surface area (Å²) in [6.45, 7) is 3.96. The van der Waals surface area contributed by atoms with Crippen molar-refractivity contribution < 1.29 is 9.59 Å². The number of hydrogen-bond donors (Lipinski definition) is 2. The quantitative estimate of drug-likeness (QED) is 0.511. The molecule has 0 bridgehead atoms. The molecule has 134 valence electrons. The first-order chi connectivity index (χ1) is 12.5. The fourth-order valence-corrected chi connectivity index (χ4v) is 3.43. The van der Waals surface area contributed by atoms with Gasteiger partial charge in [-0.1, -0.05) is 30.0 Å². The van der Waals surface area contributed by atoms with Crippen molar-refractivity contribution in [3.63, 3.8) is 0 Å². The molecule has 10 heteroatoms. The van der Waals surface area contributed by atoms with Gasteiger partial charge in [-0.25, -0.2) is 0 Å². The van der Waals surface area contributed by atoms with E-state index in [1.165, 1.54) is 23.1 Å². The molecule has 0 aliphatic carbocycles. The number of nitrogens with zero attached hydrogens (tertiary/aromatic N) is 4. The highest BCUT2D eigenvalue weighted by Crippen LogP contribution is 2.21. The number of thiophene rings is 1. The van der Waals surface area contributed by atoms with E-state index in [0.29, 0.717) is 10.0 Å². The van der Waals surface area contributed by atoms with Gasteiger partial charge in [0.1, 0.15) is 0 Å². The third kappa shape index (κ3) is 4.27. The molecule has 0 saturated carbocycles. The zero-order valence-electron chi connectivity index (χ0n) is 14.1. The second kappa shape index (κ2) is 8.11. The van der Waals surface area contributed by atoms with Gasteiger partial charge in [-0.15, -0.1) is 16.4 Å². The first-order valence-electron chi connectivity index (χ1n) is 7.66. The summed E-state index contributed by atoms with van der Waals surface area (Å²) in [4.78, 5) is 24.3. The van der Waals surface area contributed by atoms with E-state index in [1.54, 1.807) is 22.2 Å². The van der Waals surface area contributed by atoms with Gasteiger partial charge < -0.3 is 0 Å². The summed E-state index contributed by atoms with van der Waals surface area (Å²) in [6.07, 6.45) is 0. The van der Waals surface area contributed by atoms with Crippen LogP contribution in [0.4, 0.5) is 0 Å². The summed E-state index contributed by atoms with van der Waals surface area (Å²) in [7, 11) is 0. The highest BCUT2D eigenvalue weighted by Gasteiger charge is 2.14. The number of thioether (sulfide) groups is 1. The predicted molar refractivity (Wildman–Crippen MR) is 99.3 cm³/mol. The number of aryl methyl sites for hydroxylation is 2. The summed E-state index contributed by atoms with van der Waals surface area (Å²) in [6, 6.07) is 9.44. The number of amides is 2. The zero-order valence-corrected chi connectivity index (χ0v) is 15.7. The number of carbonyl (C=O) groups is 2. The van der Waals surface area contributed by atoms with Crippen molar-refractivity contribution in [1.29, 1.82) is 0 Å². The van der Waals surface area contributed by atoms with E-state index in [1.807, 2.05) is 32.0 Å². The molecule has 3 rings (SSSR count). The highest BCUT2D eigenvalue weighted by molar-refractivity contribution is 7.99. The number of benzene rings is 1. The summed E-state index contributed by atoms with van der Waals surface area (Å²) in [5.74, 6) is -0.635. The van der Waals surface area contributed by atoms with Crippen molar-refractivity contribution in [3.05, 3.63) is 51.7 Å². The Morgan fingerprint density at radius 1 is 1.23 bits per heavy atom. The molecule has 2 N–H and O–H groups in total. The molecule has 0 radical (unpaired) electrons. The molecule has 0 aliphatic rings. The number of carbonyl (C=O) groups excluding carboxylic acids is 2. The van der Waals surface area contributed by atoms with Crippen LogP contribution in [0.2, 0.25) is 0 Å². The molecule has 2 amide bonds. The van der Waals surface area contributed by atoms with E-state index in [-0.39, 0.29) is 17.6 Å². The Balaban J connectivity index is 1.59. The molecular formula is C16H16N6O2S2. The lowest BCUT2D eigenvalue weighted by atomic mass is 10.1. The lowest BCUT2D eigenvalue weighted by molar-refractivity contribution is -0.119. The van der Waals surface area contributed by atoms with Crippen molar-refractivity contribution in [1.82, 2.24) is 31.1 Å². The van der Waals surface area contributed by atoms with Gasteiger partial charge in [0.15, 0.2) is 0 Å². The second-order valence-electron chi connectivity index (χ2n) is 5.43. The summed E-state index contributed by atoms with van der Waals surface area (Å²) >= 11 is 2.48. The van der Waals surface area contributed by atoms with E-state index in [9.17, 15) is 9.59 Å². The van der Waals surface area contributed by atoms with E-state index in [0.717, 1.165) is 16.8 Å². The average Bonchev–Trinajstić information content (AvgIpc) is 3.31. The minimum absolute atomic E-state index is 0.0654. The number of rotatable bonds is 5. The normalized spacial score (nSPS) is 10.5. The van der Waals surface area contributed by atoms with E-state index >= 15 is 0 Å². The summed E-state index contributed by atoms with van der Waals surface area (Å²) in [5.41, 5.74) is 7.74. The lowest BCUT2D eigenvalue weighted by Crippen LogP contribution is -2.42. The summed E-state index contributed by atoms with van der Waals surface area (Å²) < 4.78 is 1.60. The maximum Gasteiger partial charge on any atom is 0.279 e. The van der Waals surface area contributed by atoms with Gasteiger partial charge in [0.05, 0.1) is 16.3 Å². The van der Waals surface area contributed by atoms with Gasteiger partial charge >= 0.3 is 0 Å². The lowest BCUT2D eigenvalue weighted by Gasteiger charge is -2.09. The molecule has 0 aliphatic heterocycles. The molecule has 8 nitrogen and oxygen atoms in total. The fourth-order valence-electron chi connectivity index (χ4n) is 2.13. The highest BCUT2D eigenvalue weighted by atomic mass is 32.2. The van der Waals surface area contributed by atoms with Gasteiger partial charge in [-0.05, 0) is 52.9 Å². The van der Waals surface area contributed by atoms with Crippen LogP contribution in [-0.4, -0.2) is 37.8 Å². The third-order valence-corrected chi connectivity index (χ3v) is 5.21. The Hall–Kier alpha value is -2.72. The van der Waals surface area contributed by atoms with Crippen molar-refractivity contribution in [3.8, 4) is 5.69 Å². The van der Waals surface area contributed by atoms with Gasteiger partial charge in [0.2, 0.25) is 11.1 Å². The number of hydrazine groups is 1. The van der Waals surface area contributed by atoms with Crippen LogP contribution < -0.4 is 10.9 Å². The van der Waals surface area contributed by atoms with E-state index in [2.05, 4.69) is 26.4 Å². The van der Waals surface area contributed by atoms with Crippen molar-refractivity contribution in [2.75, 3.05) is 5.75 Å². The fraction of sp³-hybridized carbons (Fsp3) is 0.188. The Labute approximate surface area is 158 Å². The average molecular weight is 388 g/mol. The molecule has 26 heavy (non-hydrogen) atoms. The van der Waals surface area contributed by atoms with Crippen LogP contribution in [0.1, 0.15) is 20.8 Å². The van der Waals surface area contributed by atoms with Crippen LogP contribution in [-0.2, 0) is 4.79 Å². The van der Waals surface area contributed by atoms with Gasteiger partial charge in [0.25, 0.3) is 5.91 Å². The van der Waals surface area contributed by atoms with Crippen LogP contribution in [0.5, 0.6) is 0 Å². The first-order valence-corrected chi connectivity index (χ1v) is 9.52. The SMILES string of the molecule is Cc1ccc(C)c(-n2nnnc2SCC(=O)NNC(=O)c2cccs2)c1. The van der Waals surface area contributed by atoms with Crippen molar-refractivity contribution in [2.24, 2.45) is 0 Å².